The van der Waals surface area contributed by atoms with Crippen molar-refractivity contribution in [3.8, 4) is 17.0 Å². The van der Waals surface area contributed by atoms with Gasteiger partial charge in [0.25, 0.3) is 6.01 Å². The smallest absolute Gasteiger partial charge is 0.490 e. The lowest BCUT2D eigenvalue weighted by Crippen LogP contribution is -2.39. The number of likely N-dealkylation sites (tertiary alicyclic amines) is 1. The molecule has 1 aliphatic rings. The maximum Gasteiger partial charge on any atom is 0.490 e. The number of aliphatic hydroxyl groups is 1. The number of phenolic OH excluding ortho intramolecular Hbond substituents is 1. The molecule has 0 saturated carbocycles. The number of pyridine rings is 1. The molecule has 0 spiro atoms. The third-order valence-corrected chi connectivity index (χ3v) is 6.11. The second-order valence-corrected chi connectivity index (χ2v) is 10.0. The maximum absolute atomic E-state index is 13.1. The number of fused-ring (bicyclic) bond motifs is 1. The number of aliphatic carboxylic acids is 1. The van der Waals surface area contributed by atoms with Gasteiger partial charge in [0.1, 0.15) is 5.75 Å². The lowest BCUT2D eigenvalue weighted by atomic mass is 9.94. The number of halogens is 6. The number of anilines is 1. The van der Waals surface area contributed by atoms with Crippen LogP contribution in [0.15, 0.2) is 22.6 Å². The van der Waals surface area contributed by atoms with Gasteiger partial charge in [-0.05, 0) is 71.0 Å². The van der Waals surface area contributed by atoms with Gasteiger partial charge in [-0.25, -0.2) is 9.78 Å². The second-order valence-electron chi connectivity index (χ2n) is 10.0. The number of alkyl halides is 6. The van der Waals surface area contributed by atoms with Crippen LogP contribution in [0, 0.1) is 6.92 Å². The average Bonchev–Trinajstić information content (AvgIpc) is 3.18. The van der Waals surface area contributed by atoms with Gasteiger partial charge in [0.15, 0.2) is 5.58 Å². The Balaban J connectivity index is 0.000000559. The minimum atomic E-state index is -5.08. The number of aromatic hydroxyl groups is 1. The largest absolute Gasteiger partial charge is 0.507 e. The van der Waals surface area contributed by atoms with Gasteiger partial charge < -0.3 is 30.0 Å². The normalized spacial score (nSPS) is 16.9. The lowest BCUT2D eigenvalue weighted by Gasteiger charge is -2.29. The lowest BCUT2D eigenvalue weighted by molar-refractivity contribution is -0.192. The molecule has 1 saturated heterocycles. The van der Waals surface area contributed by atoms with E-state index in [4.69, 9.17) is 14.3 Å². The van der Waals surface area contributed by atoms with Gasteiger partial charge in [0.2, 0.25) is 5.65 Å². The summed E-state index contributed by atoms with van der Waals surface area (Å²) in [6.07, 6.45) is -7.67. The van der Waals surface area contributed by atoms with E-state index >= 15 is 0 Å². The van der Waals surface area contributed by atoms with Crippen LogP contribution in [-0.2, 0) is 16.6 Å². The fourth-order valence-corrected chi connectivity index (χ4v) is 4.28. The number of nitrogens with zero attached hydrogens (tertiary/aromatic N) is 3. The highest BCUT2D eigenvalue weighted by Gasteiger charge is 2.38. The molecule has 15 heteroatoms. The monoisotopic (exact) mass is 578 g/mol. The van der Waals surface area contributed by atoms with Crippen LogP contribution in [0.25, 0.3) is 22.5 Å². The van der Waals surface area contributed by atoms with Crippen molar-refractivity contribution < 1.29 is 50.9 Å². The van der Waals surface area contributed by atoms with E-state index in [9.17, 15) is 36.6 Å². The molecule has 1 atom stereocenters. The van der Waals surface area contributed by atoms with Crippen LogP contribution in [0.4, 0.5) is 32.4 Å². The van der Waals surface area contributed by atoms with Crippen LogP contribution in [0.1, 0.15) is 43.4 Å². The third-order valence-electron chi connectivity index (χ3n) is 6.11. The Morgan fingerprint density at radius 3 is 2.25 bits per heavy atom. The molecule has 4 N–H and O–H groups in total. The second kappa shape index (κ2) is 11.1. The Kier molecular flexibility index (Phi) is 8.60. The van der Waals surface area contributed by atoms with Crippen LogP contribution in [0.3, 0.4) is 0 Å². The Hall–Kier alpha value is -3.59. The molecule has 1 aromatic carbocycles. The highest BCUT2D eigenvalue weighted by atomic mass is 19.4. The quantitative estimate of drug-likeness (QED) is 0.305. The molecule has 1 aliphatic heterocycles. The first-order valence-electron chi connectivity index (χ1n) is 12.0. The summed E-state index contributed by atoms with van der Waals surface area (Å²) in [6.45, 7) is 6.45. The molecule has 0 radical (unpaired) electrons. The number of hydrogen-bond acceptors (Lipinski definition) is 8. The van der Waals surface area contributed by atoms with Crippen molar-refractivity contribution in [2.24, 2.45) is 0 Å². The topological polar surface area (TPSA) is 132 Å². The highest BCUT2D eigenvalue weighted by molar-refractivity contribution is 5.82. The number of hydrogen-bond donors (Lipinski definition) is 4. The SMILES string of the molecule is Cc1cc(C(F)(F)F)cc(O)c1-c1cc(C(C)(C)O)c2oc(N[C@@H]3CCCN(C)C3)nc2n1.O=C(O)C(F)(F)F. The fourth-order valence-electron chi connectivity index (χ4n) is 4.28. The molecule has 9 nitrogen and oxygen atoms in total. The molecular weight excluding hydrogens is 550 g/mol. The van der Waals surface area contributed by atoms with Crippen molar-refractivity contribution in [2.75, 3.05) is 25.5 Å². The van der Waals surface area contributed by atoms with E-state index in [1.807, 2.05) is 7.05 Å². The molecule has 0 amide bonds. The molecule has 1 fully saturated rings. The predicted molar refractivity (Wildman–Crippen MR) is 132 cm³/mol. The van der Waals surface area contributed by atoms with Crippen LogP contribution in [0.2, 0.25) is 0 Å². The number of aryl methyl sites for hydroxylation is 1. The highest BCUT2D eigenvalue weighted by Crippen LogP contribution is 2.41. The number of benzene rings is 1. The number of oxazole rings is 1. The van der Waals surface area contributed by atoms with Crippen molar-refractivity contribution in [3.05, 3.63) is 34.9 Å². The minimum Gasteiger partial charge on any atom is -0.507 e. The van der Waals surface area contributed by atoms with Crippen molar-refractivity contribution in [3.63, 3.8) is 0 Å². The van der Waals surface area contributed by atoms with Gasteiger partial charge in [0.05, 0.1) is 16.9 Å². The number of carboxylic acids is 1. The molecule has 0 aliphatic carbocycles. The van der Waals surface area contributed by atoms with Gasteiger partial charge in [-0.1, -0.05) is 0 Å². The van der Waals surface area contributed by atoms with E-state index in [0.29, 0.717) is 11.6 Å². The molecule has 40 heavy (non-hydrogen) atoms. The van der Waals surface area contributed by atoms with E-state index < -0.39 is 35.2 Å². The molecule has 3 heterocycles. The molecular formula is C25H28F6N4O5. The van der Waals surface area contributed by atoms with Crippen LogP contribution in [-0.4, -0.2) is 68.5 Å². The summed E-state index contributed by atoms with van der Waals surface area (Å²) in [5.74, 6) is -3.31. The zero-order valence-corrected chi connectivity index (χ0v) is 21.9. The third kappa shape index (κ3) is 7.33. The summed E-state index contributed by atoms with van der Waals surface area (Å²) in [7, 11) is 2.04. The average molecular weight is 579 g/mol. The zero-order chi connectivity index (χ0) is 30.2. The van der Waals surface area contributed by atoms with Gasteiger partial charge in [-0.3, -0.25) is 0 Å². The van der Waals surface area contributed by atoms with Crippen LogP contribution < -0.4 is 5.32 Å². The van der Waals surface area contributed by atoms with Crippen molar-refractivity contribution in [2.45, 2.75) is 57.6 Å². The van der Waals surface area contributed by atoms with Gasteiger partial charge in [-0.2, -0.15) is 31.3 Å². The number of piperidine rings is 1. The van der Waals surface area contributed by atoms with Gasteiger partial charge in [0, 0.05) is 23.7 Å². The first-order valence-corrected chi connectivity index (χ1v) is 12.0. The first kappa shape index (κ1) is 30.9. The number of likely N-dealkylation sites (N-methyl/N-ethyl adjacent to an activating group) is 1. The van der Waals surface area contributed by atoms with Crippen molar-refractivity contribution >= 4 is 23.2 Å². The van der Waals surface area contributed by atoms with Crippen LogP contribution in [0.5, 0.6) is 5.75 Å². The maximum atomic E-state index is 13.1. The molecule has 2 aromatic heterocycles. The standard InChI is InChI=1S/C23H27F3N4O3.C2HF3O2/c1-12-8-13(23(24,25)26)9-17(31)18(12)16-10-15(22(2,3)32)19-20(28-16)29-21(33-19)27-14-6-5-7-30(4)11-14;3-2(4,5)1(6)7/h8-10,14,31-32H,5-7,11H2,1-4H3,(H,27,28,29);(H,6,7)/t14-;/m1./s1. The number of carbonyl (C=O) groups is 1. The molecule has 220 valence electrons. The van der Waals surface area contributed by atoms with E-state index in [1.54, 1.807) is 13.8 Å². The summed E-state index contributed by atoms with van der Waals surface area (Å²) in [4.78, 5) is 20.0. The summed E-state index contributed by atoms with van der Waals surface area (Å²) in [5.41, 5.74) is -0.937. The van der Waals surface area contributed by atoms with Gasteiger partial charge in [-0.15, -0.1) is 0 Å². The van der Waals surface area contributed by atoms with Gasteiger partial charge >= 0.3 is 18.3 Å². The summed E-state index contributed by atoms with van der Waals surface area (Å²) < 4.78 is 77.1. The Morgan fingerprint density at radius 2 is 1.75 bits per heavy atom. The van der Waals surface area contributed by atoms with E-state index in [2.05, 4.69) is 20.2 Å². The molecule has 0 bridgehead atoms. The molecule has 3 aromatic rings. The number of aromatic nitrogens is 2. The van der Waals surface area contributed by atoms with Crippen LogP contribution >= 0.6 is 0 Å². The number of phenols is 1. The summed E-state index contributed by atoms with van der Waals surface area (Å²) >= 11 is 0. The molecule has 0 unspecified atom stereocenters. The van der Waals surface area contributed by atoms with E-state index in [-0.39, 0.29) is 40.1 Å². The van der Waals surface area contributed by atoms with E-state index in [0.717, 1.165) is 32.0 Å². The Bertz CT molecular complexity index is 1360. The predicted octanol–water partition coefficient (Wildman–Crippen LogP) is 5.29. The van der Waals surface area contributed by atoms with E-state index in [1.165, 1.54) is 13.0 Å². The Morgan fingerprint density at radius 1 is 1.12 bits per heavy atom. The molecule has 4 rings (SSSR count). The number of rotatable bonds is 4. The zero-order valence-electron chi connectivity index (χ0n) is 21.9. The number of carboxylic acid groups (broad SMARTS) is 1. The minimum absolute atomic E-state index is 0.141. The van der Waals surface area contributed by atoms with Crippen molar-refractivity contribution in [1.29, 1.82) is 0 Å². The number of nitrogens with one attached hydrogen (secondary N) is 1. The summed E-state index contributed by atoms with van der Waals surface area (Å²) in [5, 5.41) is 31.6. The van der Waals surface area contributed by atoms with Crippen molar-refractivity contribution in [1.82, 2.24) is 14.9 Å². The first-order chi connectivity index (χ1) is 18.3. The fraction of sp³-hybridized carbons (Fsp3) is 0.480. The Labute approximate surface area is 224 Å². The summed E-state index contributed by atoms with van der Waals surface area (Å²) in [6, 6.07) is 3.55.